The maximum Gasteiger partial charge on any atom is 0.416 e. The van der Waals surface area contributed by atoms with E-state index < -0.39 is 17.8 Å². The number of nitrogens with zero attached hydrogens (tertiary/aromatic N) is 6. The summed E-state index contributed by atoms with van der Waals surface area (Å²) in [5.74, 6) is 0.636. The van der Waals surface area contributed by atoms with E-state index in [1.54, 1.807) is 6.07 Å². The summed E-state index contributed by atoms with van der Waals surface area (Å²) in [6.07, 6.45) is 0.996. The molecule has 1 atom stereocenters. The molecule has 40 heavy (non-hydrogen) atoms. The molecule has 4 aromatic rings. The minimum absolute atomic E-state index is 0.175. The van der Waals surface area contributed by atoms with Crippen molar-refractivity contribution in [3.8, 4) is 0 Å². The largest absolute Gasteiger partial charge is 0.416 e. The molecule has 2 aliphatic rings. The molecule has 0 amide bonds. The molecule has 1 aliphatic heterocycles. The Morgan fingerprint density at radius 2 is 1.73 bits per heavy atom. The van der Waals surface area contributed by atoms with Crippen molar-refractivity contribution in [1.82, 2.24) is 30.1 Å². The number of hydrogen-bond acceptors (Lipinski definition) is 6. The van der Waals surface area contributed by atoms with Gasteiger partial charge >= 0.3 is 6.18 Å². The molecule has 3 heterocycles. The highest BCUT2D eigenvalue weighted by Gasteiger charge is 2.35. The molecule has 2 fully saturated rings. The summed E-state index contributed by atoms with van der Waals surface area (Å²) in [4.78, 5) is 20.8. The Morgan fingerprint density at radius 1 is 0.975 bits per heavy atom. The van der Waals surface area contributed by atoms with Crippen LogP contribution >= 0.6 is 0 Å². The predicted octanol–water partition coefficient (Wildman–Crippen LogP) is 5.26. The first-order valence-electron chi connectivity index (χ1n) is 13.9. The summed E-state index contributed by atoms with van der Waals surface area (Å²) in [5.41, 5.74) is 2.05. The fraction of sp³-hybridized carbons (Fsp3) is 0.448. The van der Waals surface area contributed by atoms with Crippen molar-refractivity contribution in [3.05, 3.63) is 81.4 Å². The van der Waals surface area contributed by atoms with Gasteiger partial charge in [-0.1, -0.05) is 43.5 Å². The summed E-state index contributed by atoms with van der Waals surface area (Å²) < 4.78 is 41.9. The molecular formula is C29H32F3N7O. The standard InChI is InChI=1S/C29H32F3N7O/c1-19-7-5-8-20-17-24(28(40)33-25(19)20)26(27-34-35-36-39(27)22-10-3-2-4-11-22)38-15-13-37(14-16-38)23-12-6-9-21(18-23)29(30,31)32/h5-9,12,17-18,22,26H,2-4,10-11,13-16H2,1H3,(H,33,40)/t26-/m1/s1. The molecule has 0 bridgehead atoms. The maximum absolute atomic E-state index is 13.6. The zero-order valence-electron chi connectivity index (χ0n) is 22.4. The van der Waals surface area contributed by atoms with E-state index in [2.05, 4.69) is 25.4 Å². The van der Waals surface area contributed by atoms with Gasteiger partial charge in [0.1, 0.15) is 6.04 Å². The molecule has 2 aromatic heterocycles. The Hall–Kier alpha value is -3.73. The number of halogens is 3. The number of tetrazole rings is 1. The molecule has 1 N–H and O–H groups in total. The maximum atomic E-state index is 13.6. The minimum atomic E-state index is -4.39. The summed E-state index contributed by atoms with van der Waals surface area (Å²) in [7, 11) is 0. The molecule has 11 heteroatoms. The van der Waals surface area contributed by atoms with E-state index in [4.69, 9.17) is 0 Å². The lowest BCUT2D eigenvalue weighted by molar-refractivity contribution is -0.137. The van der Waals surface area contributed by atoms with Crippen LogP contribution in [0, 0.1) is 6.92 Å². The monoisotopic (exact) mass is 551 g/mol. The van der Waals surface area contributed by atoms with Crippen LogP contribution in [0.4, 0.5) is 18.9 Å². The molecule has 6 rings (SSSR count). The van der Waals surface area contributed by atoms with Crippen LogP contribution < -0.4 is 10.5 Å². The Labute approximate surface area is 229 Å². The van der Waals surface area contributed by atoms with E-state index in [1.807, 2.05) is 40.8 Å². The van der Waals surface area contributed by atoms with Crippen molar-refractivity contribution in [2.45, 2.75) is 57.3 Å². The number of H-pyrrole nitrogens is 1. The summed E-state index contributed by atoms with van der Waals surface area (Å²) >= 11 is 0. The number of fused-ring (bicyclic) bond motifs is 1. The lowest BCUT2D eigenvalue weighted by Crippen LogP contribution is -2.49. The van der Waals surface area contributed by atoms with Gasteiger partial charge in [0.05, 0.1) is 17.1 Å². The number of piperazine rings is 1. The van der Waals surface area contributed by atoms with Gasteiger partial charge in [-0.2, -0.15) is 13.2 Å². The second-order valence-corrected chi connectivity index (χ2v) is 10.8. The molecule has 1 aliphatic carbocycles. The van der Waals surface area contributed by atoms with Gasteiger partial charge in [0.2, 0.25) is 0 Å². The number of pyridine rings is 1. The summed E-state index contributed by atoms with van der Waals surface area (Å²) in [6, 6.07) is 13.0. The molecule has 2 aromatic carbocycles. The Morgan fingerprint density at radius 3 is 2.48 bits per heavy atom. The topological polar surface area (TPSA) is 82.9 Å². The quantitative estimate of drug-likeness (QED) is 0.365. The first-order chi connectivity index (χ1) is 19.3. The molecule has 0 spiro atoms. The number of hydrogen-bond donors (Lipinski definition) is 1. The van der Waals surface area contributed by atoms with Crippen LogP contribution in [0.5, 0.6) is 0 Å². The van der Waals surface area contributed by atoms with Gasteiger partial charge in [-0.15, -0.1) is 5.10 Å². The van der Waals surface area contributed by atoms with E-state index in [0.717, 1.165) is 48.2 Å². The number of nitrogens with one attached hydrogen (secondary N) is 1. The van der Waals surface area contributed by atoms with Crippen molar-refractivity contribution < 1.29 is 13.2 Å². The molecule has 1 saturated carbocycles. The predicted molar refractivity (Wildman–Crippen MR) is 146 cm³/mol. The Kier molecular flexibility index (Phi) is 7.07. The van der Waals surface area contributed by atoms with Crippen LogP contribution in [0.2, 0.25) is 0 Å². The number of alkyl halides is 3. The van der Waals surface area contributed by atoms with Crippen LogP contribution in [0.1, 0.15) is 66.7 Å². The van der Waals surface area contributed by atoms with Crippen LogP contribution in [0.15, 0.2) is 53.3 Å². The Balaban J connectivity index is 1.36. The number of aryl methyl sites for hydroxylation is 1. The fourth-order valence-electron chi connectivity index (χ4n) is 6.19. The first-order valence-corrected chi connectivity index (χ1v) is 13.9. The highest BCUT2D eigenvalue weighted by atomic mass is 19.4. The number of anilines is 1. The number of para-hydroxylation sites is 1. The molecule has 0 radical (unpaired) electrons. The molecule has 210 valence electrons. The van der Waals surface area contributed by atoms with Crippen molar-refractivity contribution in [2.75, 3.05) is 31.1 Å². The van der Waals surface area contributed by atoms with Crippen LogP contribution in [-0.4, -0.2) is 56.3 Å². The van der Waals surface area contributed by atoms with Crippen LogP contribution in [-0.2, 0) is 6.18 Å². The molecule has 0 unspecified atom stereocenters. The minimum Gasteiger partial charge on any atom is -0.369 e. The van der Waals surface area contributed by atoms with Crippen molar-refractivity contribution >= 4 is 16.6 Å². The van der Waals surface area contributed by atoms with E-state index in [9.17, 15) is 18.0 Å². The highest BCUT2D eigenvalue weighted by Crippen LogP contribution is 2.35. The first kappa shape index (κ1) is 26.5. The van der Waals surface area contributed by atoms with Gasteiger partial charge < -0.3 is 9.88 Å². The SMILES string of the molecule is Cc1cccc2cc([C@H](c3nnnn3C3CCCCC3)N3CCN(c4cccc(C(F)(F)F)c4)CC3)c(=O)[nH]c12. The smallest absolute Gasteiger partial charge is 0.369 e. The third kappa shape index (κ3) is 5.10. The van der Waals surface area contributed by atoms with Crippen molar-refractivity contribution in [2.24, 2.45) is 0 Å². The summed E-state index contributed by atoms with van der Waals surface area (Å²) in [5, 5.41) is 13.8. The highest BCUT2D eigenvalue weighted by molar-refractivity contribution is 5.82. The van der Waals surface area contributed by atoms with Crippen molar-refractivity contribution in [3.63, 3.8) is 0 Å². The van der Waals surface area contributed by atoms with E-state index >= 15 is 0 Å². The zero-order valence-corrected chi connectivity index (χ0v) is 22.4. The van der Waals surface area contributed by atoms with E-state index in [0.29, 0.717) is 43.3 Å². The second kappa shape index (κ2) is 10.7. The van der Waals surface area contributed by atoms with Gasteiger partial charge in [-0.25, -0.2) is 4.68 Å². The third-order valence-electron chi connectivity index (χ3n) is 8.31. The van der Waals surface area contributed by atoms with Crippen LogP contribution in [0.3, 0.4) is 0 Å². The van der Waals surface area contributed by atoms with Gasteiger partial charge in [-0.3, -0.25) is 9.69 Å². The third-order valence-corrected chi connectivity index (χ3v) is 8.31. The molecule has 1 saturated heterocycles. The second-order valence-electron chi connectivity index (χ2n) is 10.8. The molecule has 8 nitrogen and oxygen atoms in total. The van der Waals surface area contributed by atoms with Gasteiger partial charge in [-0.05, 0) is 65.4 Å². The van der Waals surface area contributed by atoms with E-state index in [-0.39, 0.29) is 11.6 Å². The number of aromatic amines is 1. The zero-order chi connectivity index (χ0) is 27.9. The fourth-order valence-corrected chi connectivity index (χ4v) is 6.19. The molecular weight excluding hydrogens is 519 g/mol. The number of benzene rings is 2. The van der Waals surface area contributed by atoms with Gasteiger partial charge in [0, 0.05) is 37.4 Å². The number of aromatic nitrogens is 5. The lowest BCUT2D eigenvalue weighted by atomic mass is 9.95. The Bertz CT molecular complexity index is 1550. The lowest BCUT2D eigenvalue weighted by Gasteiger charge is -2.40. The average Bonchev–Trinajstić information content (AvgIpc) is 3.44. The van der Waals surface area contributed by atoms with E-state index in [1.165, 1.54) is 18.6 Å². The van der Waals surface area contributed by atoms with Gasteiger partial charge in [0.25, 0.3) is 5.56 Å². The van der Waals surface area contributed by atoms with Crippen molar-refractivity contribution in [1.29, 1.82) is 0 Å². The normalized spacial score (nSPS) is 18.4. The number of rotatable bonds is 5. The average molecular weight is 552 g/mol. The van der Waals surface area contributed by atoms with Gasteiger partial charge in [0.15, 0.2) is 5.82 Å². The summed E-state index contributed by atoms with van der Waals surface area (Å²) in [6.45, 7) is 4.04. The van der Waals surface area contributed by atoms with Crippen LogP contribution in [0.25, 0.3) is 10.9 Å².